The number of aromatic hydroxyl groups is 1. The molecule has 0 unspecified atom stereocenters. The maximum absolute atomic E-state index is 10.3. The van der Waals surface area contributed by atoms with Crippen LogP contribution in [0, 0.1) is 0 Å². The normalized spacial score (nSPS) is 11.3. The van der Waals surface area contributed by atoms with Gasteiger partial charge in [-0.05, 0) is 59.7 Å². The second-order valence-corrected chi connectivity index (χ2v) is 9.59. The Balaban J connectivity index is 1.24. The van der Waals surface area contributed by atoms with Crippen molar-refractivity contribution in [1.82, 2.24) is 19.9 Å². The number of H-pyrrole nitrogens is 3. The van der Waals surface area contributed by atoms with Gasteiger partial charge in [-0.3, -0.25) is 4.90 Å². The van der Waals surface area contributed by atoms with Crippen LogP contribution in [0.25, 0.3) is 33.8 Å². The van der Waals surface area contributed by atoms with Crippen molar-refractivity contribution in [1.29, 1.82) is 0 Å². The summed E-state index contributed by atoms with van der Waals surface area (Å²) in [6.07, 6.45) is 0. The van der Waals surface area contributed by atoms with Gasteiger partial charge in [-0.2, -0.15) is 0 Å². The zero-order valence-corrected chi connectivity index (χ0v) is 21.1. The minimum absolute atomic E-state index is 0.275. The largest absolute Gasteiger partial charge is 0.507 e. The number of benzene rings is 3. The third kappa shape index (κ3) is 5.33. The molecule has 3 heterocycles. The van der Waals surface area contributed by atoms with Crippen LogP contribution in [0.2, 0.25) is 0 Å². The van der Waals surface area contributed by atoms with Gasteiger partial charge >= 0.3 is 0 Å². The lowest BCUT2D eigenvalue weighted by molar-refractivity contribution is 0.240. The van der Waals surface area contributed by atoms with E-state index in [1.165, 1.54) is 11.1 Å². The van der Waals surface area contributed by atoms with Crippen molar-refractivity contribution in [2.24, 2.45) is 0 Å². The molecule has 0 aliphatic rings. The Morgan fingerprint density at radius 2 is 0.868 bits per heavy atom. The molecule has 0 amide bonds. The van der Waals surface area contributed by atoms with Gasteiger partial charge in [-0.1, -0.05) is 72.8 Å². The number of hydrogen-bond acceptors (Lipinski definition) is 2. The van der Waals surface area contributed by atoms with Gasteiger partial charge in [0.25, 0.3) is 0 Å². The molecule has 0 aliphatic carbocycles. The van der Waals surface area contributed by atoms with E-state index in [-0.39, 0.29) is 5.75 Å². The minimum atomic E-state index is 0.275. The summed E-state index contributed by atoms with van der Waals surface area (Å²) in [7, 11) is 0. The highest BCUT2D eigenvalue weighted by molar-refractivity contribution is 5.67. The second-order valence-electron chi connectivity index (χ2n) is 9.59. The molecule has 0 bridgehead atoms. The molecule has 188 valence electrons. The molecular weight excluding hydrogens is 468 g/mol. The summed E-state index contributed by atoms with van der Waals surface area (Å²) in [5.74, 6) is 0.275. The summed E-state index contributed by atoms with van der Waals surface area (Å²) in [6.45, 7) is 2.25. The van der Waals surface area contributed by atoms with Gasteiger partial charge in [0.1, 0.15) is 5.75 Å². The lowest BCUT2D eigenvalue weighted by Gasteiger charge is -2.21. The standard InChI is InChI=1S/C33H30N4O/c38-33-14-8-7-13-29(33)32-20-17-28(36-32)23-37(21-26-15-18-30(34-26)24-9-3-1-4-10-24)22-27-16-19-31(35-27)25-11-5-2-6-12-25/h1-20,34-36,38H,21-23H2. The number of nitrogens with zero attached hydrogens (tertiary/aromatic N) is 1. The van der Waals surface area contributed by atoms with Crippen LogP contribution in [-0.2, 0) is 19.6 Å². The van der Waals surface area contributed by atoms with Gasteiger partial charge in [-0.15, -0.1) is 0 Å². The summed E-state index contributed by atoms with van der Waals surface area (Å²) in [5.41, 5.74) is 9.72. The van der Waals surface area contributed by atoms with Crippen LogP contribution in [0.4, 0.5) is 0 Å². The lowest BCUT2D eigenvalue weighted by atomic mass is 10.1. The van der Waals surface area contributed by atoms with E-state index in [1.807, 2.05) is 36.4 Å². The highest BCUT2D eigenvalue weighted by Gasteiger charge is 2.14. The Morgan fingerprint density at radius 1 is 0.447 bits per heavy atom. The molecule has 0 saturated heterocycles. The summed E-state index contributed by atoms with van der Waals surface area (Å²) < 4.78 is 0. The summed E-state index contributed by atoms with van der Waals surface area (Å²) in [4.78, 5) is 13.1. The average molecular weight is 499 g/mol. The van der Waals surface area contributed by atoms with Gasteiger partial charge in [0.2, 0.25) is 0 Å². The zero-order chi connectivity index (χ0) is 25.7. The molecule has 0 atom stereocenters. The van der Waals surface area contributed by atoms with E-state index < -0.39 is 0 Å². The second kappa shape index (κ2) is 10.7. The van der Waals surface area contributed by atoms with Gasteiger partial charge in [-0.25, -0.2) is 0 Å². The number of hydrogen-bond donors (Lipinski definition) is 4. The van der Waals surface area contributed by atoms with Crippen LogP contribution in [0.15, 0.2) is 121 Å². The van der Waals surface area contributed by atoms with Crippen LogP contribution >= 0.6 is 0 Å². The lowest BCUT2D eigenvalue weighted by Crippen LogP contribution is -2.23. The Morgan fingerprint density at radius 3 is 1.37 bits per heavy atom. The van der Waals surface area contributed by atoms with Gasteiger partial charge in [0, 0.05) is 59.4 Å². The molecule has 38 heavy (non-hydrogen) atoms. The van der Waals surface area contributed by atoms with E-state index >= 15 is 0 Å². The Bertz CT molecular complexity index is 1530. The smallest absolute Gasteiger partial charge is 0.124 e. The van der Waals surface area contributed by atoms with Crippen LogP contribution < -0.4 is 0 Å². The topological polar surface area (TPSA) is 70.8 Å². The number of aromatic nitrogens is 3. The van der Waals surface area contributed by atoms with Crippen LogP contribution in [0.3, 0.4) is 0 Å². The molecule has 3 aromatic heterocycles. The number of rotatable bonds is 9. The number of para-hydroxylation sites is 1. The van der Waals surface area contributed by atoms with Crippen LogP contribution in [-0.4, -0.2) is 25.0 Å². The summed E-state index contributed by atoms with van der Waals surface area (Å²) >= 11 is 0. The maximum atomic E-state index is 10.3. The Hall–Kier alpha value is -4.74. The summed E-state index contributed by atoms with van der Waals surface area (Å²) in [5, 5.41) is 10.3. The molecule has 4 N–H and O–H groups in total. The first-order valence-corrected chi connectivity index (χ1v) is 12.9. The van der Waals surface area contributed by atoms with Crippen molar-refractivity contribution in [3.05, 3.63) is 138 Å². The zero-order valence-electron chi connectivity index (χ0n) is 21.1. The van der Waals surface area contributed by atoms with Crippen molar-refractivity contribution < 1.29 is 5.11 Å². The first kappa shape index (κ1) is 23.6. The van der Waals surface area contributed by atoms with Gasteiger partial charge in [0.15, 0.2) is 0 Å². The number of aromatic amines is 3. The van der Waals surface area contributed by atoms with Crippen LogP contribution in [0.5, 0.6) is 5.75 Å². The molecule has 5 heteroatoms. The minimum Gasteiger partial charge on any atom is -0.507 e. The third-order valence-electron chi connectivity index (χ3n) is 6.78. The first-order valence-electron chi connectivity index (χ1n) is 12.9. The number of phenols is 1. The van der Waals surface area contributed by atoms with Crippen molar-refractivity contribution in [2.45, 2.75) is 19.6 Å². The fourth-order valence-corrected chi connectivity index (χ4v) is 4.92. The number of nitrogens with one attached hydrogen (secondary N) is 3. The molecule has 0 fully saturated rings. The highest BCUT2D eigenvalue weighted by atomic mass is 16.3. The fourth-order valence-electron chi connectivity index (χ4n) is 4.92. The first-order chi connectivity index (χ1) is 18.7. The monoisotopic (exact) mass is 498 g/mol. The Kier molecular flexibility index (Phi) is 6.66. The van der Waals surface area contributed by atoms with Gasteiger partial charge < -0.3 is 20.1 Å². The molecule has 6 aromatic rings. The van der Waals surface area contributed by atoms with Crippen molar-refractivity contribution in [3.63, 3.8) is 0 Å². The van der Waals surface area contributed by atoms with E-state index in [9.17, 15) is 5.11 Å². The Labute approximate surface area is 222 Å². The predicted molar refractivity (Wildman–Crippen MR) is 153 cm³/mol. The van der Waals surface area contributed by atoms with Crippen LogP contribution in [0.1, 0.15) is 17.1 Å². The summed E-state index contributed by atoms with van der Waals surface area (Å²) in [6, 6.07) is 41.0. The molecule has 6 rings (SSSR count). The van der Waals surface area contributed by atoms with Crippen molar-refractivity contribution in [2.75, 3.05) is 0 Å². The van der Waals surface area contributed by atoms with Gasteiger partial charge in [0.05, 0.1) is 0 Å². The molecule has 0 spiro atoms. The van der Waals surface area contributed by atoms with Crippen molar-refractivity contribution in [3.8, 4) is 39.5 Å². The average Bonchev–Trinajstić information content (AvgIpc) is 3.72. The third-order valence-corrected chi connectivity index (χ3v) is 6.78. The number of phenolic OH excluding ortho intramolecular Hbond substituents is 1. The van der Waals surface area contributed by atoms with E-state index in [1.54, 1.807) is 6.07 Å². The SMILES string of the molecule is Oc1ccccc1-c1ccc(CN(Cc2ccc(-c3ccccc3)[nH]2)Cc2ccc(-c3ccccc3)[nH]2)[nH]1. The molecule has 0 radical (unpaired) electrons. The molecule has 5 nitrogen and oxygen atoms in total. The van der Waals surface area contributed by atoms with E-state index in [0.717, 1.165) is 59.4 Å². The molecule has 3 aromatic carbocycles. The molecular formula is C33H30N4O. The fraction of sp³-hybridized carbons (Fsp3) is 0.0909. The van der Waals surface area contributed by atoms with E-state index in [2.05, 4.69) is 98.7 Å². The highest BCUT2D eigenvalue weighted by Crippen LogP contribution is 2.28. The van der Waals surface area contributed by atoms with E-state index in [0.29, 0.717) is 0 Å². The quantitative estimate of drug-likeness (QED) is 0.166. The predicted octanol–water partition coefficient (Wildman–Crippen LogP) is 7.58. The molecule has 0 saturated carbocycles. The maximum Gasteiger partial charge on any atom is 0.124 e. The molecule has 0 aliphatic heterocycles. The van der Waals surface area contributed by atoms with Crippen molar-refractivity contribution >= 4 is 0 Å². The van der Waals surface area contributed by atoms with E-state index in [4.69, 9.17) is 0 Å².